The fourth-order valence-electron chi connectivity index (χ4n) is 2.53. The van der Waals surface area contributed by atoms with Crippen molar-refractivity contribution >= 4 is 29.9 Å². The van der Waals surface area contributed by atoms with Gasteiger partial charge in [0, 0.05) is 52.0 Å². The summed E-state index contributed by atoms with van der Waals surface area (Å²) in [4.78, 5) is 6.78. The Morgan fingerprint density at radius 2 is 1.50 bits per heavy atom. The molecule has 0 aliphatic rings. The first-order chi connectivity index (χ1) is 11.0. The van der Waals surface area contributed by atoms with Crippen LogP contribution in [0.15, 0.2) is 4.99 Å². The quantitative estimate of drug-likeness (QED) is 0.193. The highest BCUT2D eigenvalue weighted by molar-refractivity contribution is 14.0. The van der Waals surface area contributed by atoms with Crippen LogP contribution in [0.25, 0.3) is 0 Å². The molecule has 0 aliphatic carbocycles. The van der Waals surface area contributed by atoms with E-state index in [1.807, 2.05) is 7.05 Å². The van der Waals surface area contributed by atoms with Crippen LogP contribution in [0.3, 0.4) is 0 Å². The molecule has 0 heterocycles. The van der Waals surface area contributed by atoms with Crippen molar-refractivity contribution < 1.29 is 4.74 Å². The standard InChI is InChI=1S/C18H40N4O.HI/c1-7-8-14-23-15-10-12-21-18(19-6)20-11-9-13-22(16(2)3)17(4)5;/h16-17H,7-15H2,1-6H3,(H2,19,20,21);1H. The Hall–Kier alpha value is -0.0800. The van der Waals surface area contributed by atoms with E-state index in [4.69, 9.17) is 4.74 Å². The molecule has 146 valence electrons. The van der Waals surface area contributed by atoms with Gasteiger partial charge >= 0.3 is 0 Å². The minimum atomic E-state index is 0. The molecule has 0 atom stereocenters. The van der Waals surface area contributed by atoms with Gasteiger partial charge in [-0.1, -0.05) is 13.3 Å². The first kappa shape index (κ1) is 26.2. The van der Waals surface area contributed by atoms with E-state index >= 15 is 0 Å². The largest absolute Gasteiger partial charge is 0.381 e. The van der Waals surface area contributed by atoms with E-state index in [0.29, 0.717) is 12.1 Å². The van der Waals surface area contributed by atoms with E-state index in [-0.39, 0.29) is 24.0 Å². The van der Waals surface area contributed by atoms with Crippen molar-refractivity contribution in [1.29, 1.82) is 0 Å². The predicted molar refractivity (Wildman–Crippen MR) is 117 cm³/mol. The Morgan fingerprint density at radius 1 is 0.958 bits per heavy atom. The van der Waals surface area contributed by atoms with Crippen molar-refractivity contribution in [2.45, 2.75) is 72.4 Å². The molecule has 0 spiro atoms. The lowest BCUT2D eigenvalue weighted by atomic mass is 10.2. The van der Waals surface area contributed by atoms with E-state index in [1.165, 1.54) is 6.42 Å². The maximum absolute atomic E-state index is 5.55. The number of aliphatic imine (C=N–C) groups is 1. The van der Waals surface area contributed by atoms with Crippen LogP contribution >= 0.6 is 24.0 Å². The molecule has 0 bridgehead atoms. The fourth-order valence-corrected chi connectivity index (χ4v) is 2.53. The van der Waals surface area contributed by atoms with Gasteiger partial charge in [0.25, 0.3) is 0 Å². The highest BCUT2D eigenvalue weighted by Crippen LogP contribution is 2.05. The number of hydrogen-bond donors (Lipinski definition) is 2. The molecular formula is C18H41IN4O. The van der Waals surface area contributed by atoms with Gasteiger partial charge < -0.3 is 15.4 Å². The average molecular weight is 456 g/mol. The summed E-state index contributed by atoms with van der Waals surface area (Å²) in [5, 5.41) is 6.72. The lowest BCUT2D eigenvalue weighted by Crippen LogP contribution is -2.41. The number of guanidine groups is 1. The minimum Gasteiger partial charge on any atom is -0.381 e. The minimum absolute atomic E-state index is 0. The van der Waals surface area contributed by atoms with Gasteiger partial charge in [-0.3, -0.25) is 9.89 Å². The number of unbranched alkanes of at least 4 members (excludes halogenated alkanes) is 1. The van der Waals surface area contributed by atoms with Gasteiger partial charge in [-0.25, -0.2) is 0 Å². The van der Waals surface area contributed by atoms with E-state index in [0.717, 1.165) is 58.1 Å². The Morgan fingerprint density at radius 3 is 2.00 bits per heavy atom. The fraction of sp³-hybridized carbons (Fsp3) is 0.944. The van der Waals surface area contributed by atoms with Gasteiger partial charge in [0.15, 0.2) is 5.96 Å². The van der Waals surface area contributed by atoms with E-state index in [2.05, 4.69) is 55.1 Å². The molecule has 0 aromatic heterocycles. The summed E-state index contributed by atoms with van der Waals surface area (Å²) in [6, 6.07) is 1.19. The molecule has 24 heavy (non-hydrogen) atoms. The maximum Gasteiger partial charge on any atom is 0.190 e. The van der Waals surface area contributed by atoms with Gasteiger partial charge in [0.05, 0.1) is 0 Å². The maximum atomic E-state index is 5.55. The molecule has 0 saturated carbocycles. The molecule has 0 aliphatic heterocycles. The number of nitrogens with zero attached hydrogens (tertiary/aromatic N) is 2. The van der Waals surface area contributed by atoms with Crippen molar-refractivity contribution in [1.82, 2.24) is 15.5 Å². The first-order valence-electron chi connectivity index (χ1n) is 9.30. The second-order valence-electron chi connectivity index (χ2n) is 6.52. The van der Waals surface area contributed by atoms with Gasteiger partial charge in [-0.2, -0.15) is 0 Å². The van der Waals surface area contributed by atoms with Crippen LogP contribution in [-0.4, -0.2) is 62.8 Å². The Kier molecular flexibility index (Phi) is 19.3. The summed E-state index contributed by atoms with van der Waals surface area (Å²) < 4.78 is 5.55. The summed E-state index contributed by atoms with van der Waals surface area (Å²) in [5.74, 6) is 0.888. The molecule has 0 amide bonds. The van der Waals surface area contributed by atoms with Crippen LogP contribution < -0.4 is 10.6 Å². The summed E-state index contributed by atoms with van der Waals surface area (Å²) >= 11 is 0. The van der Waals surface area contributed by atoms with E-state index in [9.17, 15) is 0 Å². The molecule has 0 saturated heterocycles. The number of ether oxygens (including phenoxy) is 1. The van der Waals surface area contributed by atoms with Crippen molar-refractivity contribution in [3.05, 3.63) is 0 Å². The average Bonchev–Trinajstić information content (AvgIpc) is 2.50. The van der Waals surface area contributed by atoms with Crippen LogP contribution in [0.2, 0.25) is 0 Å². The summed E-state index contributed by atoms with van der Waals surface area (Å²) in [6.07, 6.45) is 4.48. The Labute approximate surface area is 167 Å². The number of hydrogen-bond acceptors (Lipinski definition) is 3. The van der Waals surface area contributed by atoms with Crippen LogP contribution in [0.5, 0.6) is 0 Å². The summed E-state index contributed by atoms with van der Waals surface area (Å²) in [6.45, 7) is 15.9. The van der Waals surface area contributed by atoms with Gasteiger partial charge in [0.1, 0.15) is 0 Å². The van der Waals surface area contributed by atoms with E-state index < -0.39 is 0 Å². The summed E-state index contributed by atoms with van der Waals surface area (Å²) in [5.41, 5.74) is 0. The third kappa shape index (κ3) is 14.3. The number of rotatable bonds is 13. The normalized spacial score (nSPS) is 12.0. The Balaban J connectivity index is 0. The molecule has 5 nitrogen and oxygen atoms in total. The van der Waals surface area contributed by atoms with Crippen molar-refractivity contribution in [2.75, 3.05) is 39.9 Å². The zero-order valence-electron chi connectivity index (χ0n) is 16.7. The molecule has 0 rings (SSSR count). The van der Waals surface area contributed by atoms with Crippen molar-refractivity contribution in [3.63, 3.8) is 0 Å². The SMILES string of the molecule is CCCCOCCCNC(=NC)NCCCN(C(C)C)C(C)C.I. The number of nitrogens with one attached hydrogen (secondary N) is 2. The molecular weight excluding hydrogens is 415 g/mol. The van der Waals surface area contributed by atoms with Crippen molar-refractivity contribution in [3.8, 4) is 0 Å². The second-order valence-corrected chi connectivity index (χ2v) is 6.52. The van der Waals surface area contributed by atoms with Crippen LogP contribution in [-0.2, 0) is 4.74 Å². The predicted octanol–water partition coefficient (Wildman–Crippen LogP) is 3.49. The molecule has 0 unspecified atom stereocenters. The first-order valence-corrected chi connectivity index (χ1v) is 9.30. The van der Waals surface area contributed by atoms with Crippen LogP contribution in [0.4, 0.5) is 0 Å². The lowest BCUT2D eigenvalue weighted by molar-refractivity contribution is 0.129. The van der Waals surface area contributed by atoms with Gasteiger partial charge in [-0.15, -0.1) is 24.0 Å². The smallest absolute Gasteiger partial charge is 0.190 e. The van der Waals surface area contributed by atoms with Crippen molar-refractivity contribution in [2.24, 2.45) is 4.99 Å². The third-order valence-electron chi connectivity index (χ3n) is 3.84. The Bertz CT molecular complexity index is 291. The number of halogens is 1. The van der Waals surface area contributed by atoms with Crippen LogP contribution in [0, 0.1) is 0 Å². The molecule has 0 aromatic carbocycles. The summed E-state index contributed by atoms with van der Waals surface area (Å²) in [7, 11) is 1.82. The molecule has 6 heteroatoms. The third-order valence-corrected chi connectivity index (χ3v) is 3.84. The van der Waals surface area contributed by atoms with E-state index in [1.54, 1.807) is 0 Å². The molecule has 0 aromatic rings. The molecule has 2 N–H and O–H groups in total. The zero-order valence-corrected chi connectivity index (χ0v) is 19.1. The highest BCUT2D eigenvalue weighted by Gasteiger charge is 2.12. The topological polar surface area (TPSA) is 48.9 Å². The van der Waals surface area contributed by atoms with Gasteiger partial charge in [0.2, 0.25) is 0 Å². The molecule has 0 fully saturated rings. The lowest BCUT2D eigenvalue weighted by Gasteiger charge is -2.30. The van der Waals surface area contributed by atoms with Crippen LogP contribution in [0.1, 0.15) is 60.3 Å². The second kappa shape index (κ2) is 17.7. The highest BCUT2D eigenvalue weighted by atomic mass is 127. The zero-order chi connectivity index (χ0) is 17.5. The molecule has 0 radical (unpaired) electrons. The monoisotopic (exact) mass is 456 g/mol. The van der Waals surface area contributed by atoms with Gasteiger partial charge in [-0.05, 0) is 47.0 Å².